The number of hydrogen-bond donors (Lipinski definition) is 1. The van der Waals surface area contributed by atoms with Gasteiger partial charge in [-0.3, -0.25) is 4.72 Å². The number of nitrogens with one attached hydrogen (secondary N) is 1. The van der Waals surface area contributed by atoms with E-state index in [0.717, 1.165) is 0 Å². The Morgan fingerprint density at radius 3 is 2.53 bits per heavy atom. The van der Waals surface area contributed by atoms with E-state index in [1.165, 1.54) is 0 Å². The Morgan fingerprint density at radius 1 is 1.24 bits per heavy atom. The van der Waals surface area contributed by atoms with Crippen molar-refractivity contribution in [2.75, 3.05) is 4.72 Å². The van der Waals surface area contributed by atoms with E-state index in [0.29, 0.717) is 11.3 Å². The zero-order valence-corrected chi connectivity index (χ0v) is 9.94. The van der Waals surface area contributed by atoms with Crippen molar-refractivity contribution in [1.82, 2.24) is 10.3 Å². The number of hydrogen-bond acceptors (Lipinski definition) is 5. The zero-order valence-electron chi connectivity index (χ0n) is 9.12. The summed E-state index contributed by atoms with van der Waals surface area (Å²) in [5, 5.41) is 6.96. The highest BCUT2D eigenvalue weighted by Gasteiger charge is 2.15. The van der Waals surface area contributed by atoms with Gasteiger partial charge in [0.25, 0.3) is 0 Å². The Kier molecular flexibility index (Phi) is 3.10. The molecule has 1 N–H and O–H groups in total. The van der Waals surface area contributed by atoms with Gasteiger partial charge in [0.1, 0.15) is 5.69 Å². The maximum absolute atomic E-state index is 11.8. The van der Waals surface area contributed by atoms with Crippen LogP contribution in [-0.2, 0) is 15.8 Å². The molecule has 6 nitrogen and oxygen atoms in total. The molecule has 0 unspecified atom stereocenters. The Hall–Kier alpha value is -1.89. The summed E-state index contributed by atoms with van der Waals surface area (Å²) in [6.45, 7) is 1.61. The summed E-state index contributed by atoms with van der Waals surface area (Å²) < 4.78 is 30.3. The molecule has 0 saturated carbocycles. The second-order valence-electron chi connectivity index (χ2n) is 3.54. The van der Waals surface area contributed by atoms with Gasteiger partial charge in [0.05, 0.1) is 5.75 Å². The third kappa shape index (κ3) is 3.04. The van der Waals surface area contributed by atoms with Crippen molar-refractivity contribution in [3.63, 3.8) is 0 Å². The fourth-order valence-electron chi connectivity index (χ4n) is 1.30. The summed E-state index contributed by atoms with van der Waals surface area (Å²) in [7, 11) is -3.49. The molecule has 90 valence electrons. The van der Waals surface area contributed by atoms with Gasteiger partial charge < -0.3 is 0 Å². The van der Waals surface area contributed by atoms with Crippen LogP contribution in [0, 0.1) is 6.92 Å². The van der Waals surface area contributed by atoms with Crippen LogP contribution in [0.1, 0.15) is 11.3 Å². The maximum atomic E-state index is 11.8. The standard InChI is InChI=1S/C10H11N3O3S/c1-8-10(12-16-11-8)13-17(14,15)7-9-5-3-2-4-6-9/h2-6H,7H2,1H3,(H,12,13). The summed E-state index contributed by atoms with van der Waals surface area (Å²) >= 11 is 0. The SMILES string of the molecule is Cc1nonc1NS(=O)(=O)Cc1ccccc1. The van der Waals surface area contributed by atoms with Gasteiger partial charge in [-0.2, -0.15) is 0 Å². The van der Waals surface area contributed by atoms with Crippen LogP contribution in [0.5, 0.6) is 0 Å². The molecule has 7 heteroatoms. The third-order valence-corrected chi connectivity index (χ3v) is 3.32. The highest BCUT2D eigenvalue weighted by molar-refractivity contribution is 7.91. The van der Waals surface area contributed by atoms with Gasteiger partial charge in [-0.25, -0.2) is 13.0 Å². The summed E-state index contributed by atoms with van der Waals surface area (Å²) in [5.74, 6) is 0.0149. The van der Waals surface area contributed by atoms with Gasteiger partial charge in [-0.1, -0.05) is 35.5 Å². The number of anilines is 1. The smallest absolute Gasteiger partial charge is 0.238 e. The Labute approximate surface area is 98.7 Å². The average molecular weight is 253 g/mol. The summed E-state index contributed by atoms with van der Waals surface area (Å²) in [4.78, 5) is 0. The molecular weight excluding hydrogens is 242 g/mol. The molecule has 17 heavy (non-hydrogen) atoms. The molecule has 0 amide bonds. The Balaban J connectivity index is 2.13. The molecule has 0 spiro atoms. The molecule has 2 aromatic rings. The van der Waals surface area contributed by atoms with Gasteiger partial charge in [-0.05, 0) is 17.6 Å². The van der Waals surface area contributed by atoms with Crippen molar-refractivity contribution in [1.29, 1.82) is 0 Å². The average Bonchev–Trinajstić information content (AvgIpc) is 2.64. The predicted molar refractivity (Wildman–Crippen MR) is 61.7 cm³/mol. The van der Waals surface area contributed by atoms with Crippen LogP contribution in [0.25, 0.3) is 0 Å². The zero-order chi connectivity index (χ0) is 12.3. The normalized spacial score (nSPS) is 11.4. The van der Waals surface area contributed by atoms with Crippen LogP contribution in [0.3, 0.4) is 0 Å². The van der Waals surface area contributed by atoms with Gasteiger partial charge in [-0.15, -0.1) is 0 Å². The lowest BCUT2D eigenvalue weighted by atomic mass is 10.2. The second-order valence-corrected chi connectivity index (χ2v) is 5.27. The Bertz CT molecular complexity index is 592. The summed E-state index contributed by atoms with van der Waals surface area (Å²) in [6, 6.07) is 8.89. The van der Waals surface area contributed by atoms with Gasteiger partial charge in [0.2, 0.25) is 15.8 Å². The molecule has 2 rings (SSSR count). The lowest BCUT2D eigenvalue weighted by molar-refractivity contribution is 0.306. The molecule has 0 fully saturated rings. The first-order chi connectivity index (χ1) is 8.07. The van der Waals surface area contributed by atoms with E-state index in [1.807, 2.05) is 6.07 Å². The van der Waals surface area contributed by atoms with E-state index in [9.17, 15) is 8.42 Å². The Morgan fingerprint density at radius 2 is 1.94 bits per heavy atom. The second kappa shape index (κ2) is 4.54. The van der Waals surface area contributed by atoms with E-state index in [2.05, 4.69) is 19.7 Å². The minimum absolute atomic E-state index is 0.111. The molecule has 1 aromatic heterocycles. The number of rotatable bonds is 4. The number of nitrogens with zero attached hydrogens (tertiary/aromatic N) is 2. The molecule has 0 aliphatic rings. The molecule has 0 aliphatic carbocycles. The van der Waals surface area contributed by atoms with Crippen LogP contribution in [0.2, 0.25) is 0 Å². The van der Waals surface area contributed by atoms with Crippen LogP contribution in [-0.4, -0.2) is 18.7 Å². The summed E-state index contributed by atoms with van der Waals surface area (Å²) in [6.07, 6.45) is 0. The van der Waals surface area contributed by atoms with Gasteiger partial charge in [0.15, 0.2) is 0 Å². The lowest BCUT2D eigenvalue weighted by Crippen LogP contribution is -2.15. The number of aryl methyl sites for hydroxylation is 1. The van der Waals surface area contributed by atoms with E-state index in [-0.39, 0.29) is 11.6 Å². The van der Waals surface area contributed by atoms with Crippen LogP contribution in [0.15, 0.2) is 35.0 Å². The molecule has 0 bridgehead atoms. The number of sulfonamides is 1. The van der Waals surface area contributed by atoms with E-state index < -0.39 is 10.0 Å². The first-order valence-electron chi connectivity index (χ1n) is 4.90. The first-order valence-corrected chi connectivity index (χ1v) is 6.55. The van der Waals surface area contributed by atoms with E-state index >= 15 is 0 Å². The quantitative estimate of drug-likeness (QED) is 0.888. The van der Waals surface area contributed by atoms with Crippen molar-refractivity contribution >= 4 is 15.8 Å². The van der Waals surface area contributed by atoms with Crippen molar-refractivity contribution in [3.05, 3.63) is 41.6 Å². The highest BCUT2D eigenvalue weighted by Crippen LogP contribution is 2.12. The topological polar surface area (TPSA) is 85.1 Å². The van der Waals surface area contributed by atoms with Crippen LogP contribution < -0.4 is 4.72 Å². The van der Waals surface area contributed by atoms with Crippen molar-refractivity contribution in [2.45, 2.75) is 12.7 Å². The minimum Gasteiger partial charge on any atom is -0.263 e. The molecule has 0 aliphatic heterocycles. The highest BCUT2D eigenvalue weighted by atomic mass is 32.2. The van der Waals surface area contributed by atoms with Crippen LogP contribution in [0.4, 0.5) is 5.82 Å². The minimum atomic E-state index is -3.49. The van der Waals surface area contributed by atoms with Crippen LogP contribution >= 0.6 is 0 Å². The van der Waals surface area contributed by atoms with E-state index in [4.69, 9.17) is 0 Å². The monoisotopic (exact) mass is 253 g/mol. The van der Waals surface area contributed by atoms with Gasteiger partial charge in [0, 0.05) is 0 Å². The maximum Gasteiger partial charge on any atom is 0.238 e. The number of aromatic nitrogens is 2. The molecule has 1 heterocycles. The largest absolute Gasteiger partial charge is 0.263 e. The van der Waals surface area contributed by atoms with Crippen molar-refractivity contribution in [3.8, 4) is 0 Å². The predicted octanol–water partition coefficient (Wildman–Crippen LogP) is 1.32. The first kappa shape index (κ1) is 11.6. The van der Waals surface area contributed by atoms with Crippen molar-refractivity contribution in [2.24, 2.45) is 0 Å². The fraction of sp³-hybridized carbons (Fsp3) is 0.200. The van der Waals surface area contributed by atoms with E-state index in [1.54, 1.807) is 31.2 Å². The summed E-state index contributed by atoms with van der Waals surface area (Å²) in [5.41, 5.74) is 1.11. The fourth-order valence-corrected chi connectivity index (χ4v) is 2.48. The molecule has 1 aromatic carbocycles. The molecule has 0 radical (unpaired) electrons. The number of benzene rings is 1. The molecule has 0 atom stereocenters. The molecule has 0 saturated heterocycles. The lowest BCUT2D eigenvalue weighted by Gasteiger charge is -2.04. The molecular formula is C10H11N3O3S. The third-order valence-electron chi connectivity index (χ3n) is 2.10. The van der Waals surface area contributed by atoms with Gasteiger partial charge >= 0.3 is 0 Å². The van der Waals surface area contributed by atoms with Crippen molar-refractivity contribution < 1.29 is 13.0 Å².